The number of nitrogens with one attached hydrogen (secondary N) is 1. The van der Waals surface area contributed by atoms with Gasteiger partial charge >= 0.3 is 0 Å². The summed E-state index contributed by atoms with van der Waals surface area (Å²) < 4.78 is 11.4. The van der Waals surface area contributed by atoms with E-state index in [9.17, 15) is 4.79 Å². The number of ether oxygens (including phenoxy) is 2. The highest BCUT2D eigenvalue weighted by Crippen LogP contribution is 2.29. The lowest BCUT2D eigenvalue weighted by Gasteiger charge is -2.29. The number of morpholine rings is 1. The number of nitrogens with zero attached hydrogens (tertiary/aromatic N) is 3. The van der Waals surface area contributed by atoms with E-state index in [0.717, 1.165) is 19.5 Å². The largest absolute Gasteiger partial charge is 0.436 e. The summed E-state index contributed by atoms with van der Waals surface area (Å²) in [4.78, 5) is 23.5. The third-order valence-corrected chi connectivity index (χ3v) is 5.72. The molecule has 2 heterocycles. The average molecular weight is 396 g/mol. The Hall–Kier alpha value is -2.67. The third kappa shape index (κ3) is 4.85. The molecule has 0 spiro atoms. The number of anilines is 1. The van der Waals surface area contributed by atoms with Crippen molar-refractivity contribution in [2.24, 2.45) is 5.92 Å². The molecule has 1 aromatic carbocycles. The van der Waals surface area contributed by atoms with Gasteiger partial charge in [0.05, 0.1) is 13.2 Å². The summed E-state index contributed by atoms with van der Waals surface area (Å²) in [6, 6.07) is 7.46. The topological polar surface area (TPSA) is 76.6 Å². The lowest BCUT2D eigenvalue weighted by molar-refractivity contribution is 0.0910. The predicted octanol–water partition coefficient (Wildman–Crippen LogP) is 3.41. The number of benzene rings is 1. The minimum atomic E-state index is -0.0243. The van der Waals surface area contributed by atoms with Crippen LogP contribution in [0, 0.1) is 5.92 Å². The molecule has 2 atom stereocenters. The van der Waals surface area contributed by atoms with Gasteiger partial charge in [-0.3, -0.25) is 4.79 Å². The molecule has 0 radical (unpaired) electrons. The van der Waals surface area contributed by atoms with Gasteiger partial charge in [-0.1, -0.05) is 19.8 Å². The van der Waals surface area contributed by atoms with E-state index in [0.29, 0.717) is 42.1 Å². The monoisotopic (exact) mass is 396 g/mol. The maximum atomic E-state index is 12.6. The van der Waals surface area contributed by atoms with E-state index in [2.05, 4.69) is 27.1 Å². The molecule has 1 aliphatic heterocycles. The number of hydrogen-bond acceptors (Lipinski definition) is 6. The first-order valence-electron chi connectivity index (χ1n) is 10.4. The minimum Gasteiger partial charge on any atom is -0.436 e. The van der Waals surface area contributed by atoms with Crippen molar-refractivity contribution in [2.75, 3.05) is 31.2 Å². The van der Waals surface area contributed by atoms with Crippen LogP contribution in [0.5, 0.6) is 11.6 Å². The fraction of sp³-hybridized carbons (Fsp3) is 0.500. The predicted molar refractivity (Wildman–Crippen MR) is 110 cm³/mol. The van der Waals surface area contributed by atoms with Crippen LogP contribution in [0.4, 0.5) is 5.82 Å². The SMILES string of the molecule is C[C@H]1CCCC[C@@H]1NC(=O)c1ccc(Oc2nccnc2N2CCOCC2)cc1. The van der Waals surface area contributed by atoms with Crippen LogP contribution in [0.2, 0.25) is 0 Å². The van der Waals surface area contributed by atoms with E-state index < -0.39 is 0 Å². The van der Waals surface area contributed by atoms with Crippen molar-refractivity contribution in [1.29, 1.82) is 0 Å². The van der Waals surface area contributed by atoms with Gasteiger partial charge in [0.25, 0.3) is 11.8 Å². The summed E-state index contributed by atoms with van der Waals surface area (Å²) >= 11 is 0. The molecular formula is C22H28N4O3. The van der Waals surface area contributed by atoms with E-state index >= 15 is 0 Å². The zero-order valence-corrected chi connectivity index (χ0v) is 16.8. The molecule has 7 nitrogen and oxygen atoms in total. The Balaban J connectivity index is 1.41. The smallest absolute Gasteiger partial charge is 0.263 e. The first-order valence-corrected chi connectivity index (χ1v) is 10.4. The molecule has 1 amide bonds. The lowest BCUT2D eigenvalue weighted by atomic mass is 9.86. The maximum Gasteiger partial charge on any atom is 0.263 e. The molecule has 1 N–H and O–H groups in total. The van der Waals surface area contributed by atoms with Gasteiger partial charge < -0.3 is 19.7 Å². The second kappa shape index (κ2) is 9.22. The Morgan fingerprint density at radius 3 is 2.59 bits per heavy atom. The van der Waals surface area contributed by atoms with Crippen LogP contribution in [0.3, 0.4) is 0 Å². The van der Waals surface area contributed by atoms with Gasteiger partial charge in [-0.15, -0.1) is 0 Å². The molecular weight excluding hydrogens is 368 g/mol. The zero-order chi connectivity index (χ0) is 20.1. The molecule has 0 unspecified atom stereocenters. The zero-order valence-electron chi connectivity index (χ0n) is 16.8. The van der Waals surface area contributed by atoms with Crippen LogP contribution in [0.1, 0.15) is 43.0 Å². The van der Waals surface area contributed by atoms with Crippen LogP contribution in [0.15, 0.2) is 36.7 Å². The highest BCUT2D eigenvalue weighted by atomic mass is 16.5. The number of aromatic nitrogens is 2. The number of rotatable bonds is 5. The first-order chi connectivity index (χ1) is 14.2. The summed E-state index contributed by atoms with van der Waals surface area (Å²) in [5.74, 6) is 2.31. The standard InChI is InChI=1S/C22H28N4O3/c1-16-4-2-3-5-19(16)25-21(27)17-6-8-18(9-7-17)29-22-20(23-10-11-24-22)26-12-14-28-15-13-26/h6-11,16,19H,2-5,12-15H2,1H3,(H,25,27)/t16-,19-/m0/s1. The average Bonchev–Trinajstić information content (AvgIpc) is 2.77. The number of amides is 1. The van der Waals surface area contributed by atoms with Crippen LogP contribution in [0.25, 0.3) is 0 Å². The van der Waals surface area contributed by atoms with Gasteiger partial charge in [-0.05, 0) is 43.0 Å². The molecule has 2 fully saturated rings. The normalized spacial score (nSPS) is 22.2. The van der Waals surface area contributed by atoms with Gasteiger partial charge in [0.15, 0.2) is 5.82 Å². The Morgan fingerprint density at radius 1 is 1.10 bits per heavy atom. The van der Waals surface area contributed by atoms with Crippen molar-refractivity contribution in [3.05, 3.63) is 42.2 Å². The van der Waals surface area contributed by atoms with E-state index in [4.69, 9.17) is 9.47 Å². The molecule has 0 bridgehead atoms. The second-order valence-corrected chi connectivity index (χ2v) is 7.75. The van der Waals surface area contributed by atoms with Crippen LogP contribution >= 0.6 is 0 Å². The van der Waals surface area contributed by atoms with E-state index in [1.807, 2.05) is 0 Å². The molecule has 4 rings (SSSR count). The number of carbonyl (C=O) groups is 1. The van der Waals surface area contributed by atoms with Crippen molar-refractivity contribution < 1.29 is 14.3 Å². The quantitative estimate of drug-likeness (QED) is 0.835. The van der Waals surface area contributed by atoms with E-state index in [1.165, 1.54) is 19.3 Å². The Morgan fingerprint density at radius 2 is 1.83 bits per heavy atom. The van der Waals surface area contributed by atoms with Crippen LogP contribution < -0.4 is 15.0 Å². The number of hydrogen-bond donors (Lipinski definition) is 1. The van der Waals surface area contributed by atoms with E-state index in [-0.39, 0.29) is 11.9 Å². The summed E-state index contributed by atoms with van der Waals surface area (Å²) in [7, 11) is 0. The third-order valence-electron chi connectivity index (χ3n) is 5.72. The Bertz CT molecular complexity index is 821. The summed E-state index contributed by atoms with van der Waals surface area (Å²) in [5, 5.41) is 3.19. The fourth-order valence-corrected chi connectivity index (χ4v) is 3.95. The minimum absolute atomic E-state index is 0.0243. The highest BCUT2D eigenvalue weighted by Gasteiger charge is 2.23. The van der Waals surface area contributed by atoms with Gasteiger partial charge in [0.1, 0.15) is 5.75 Å². The molecule has 1 aliphatic carbocycles. The molecule has 29 heavy (non-hydrogen) atoms. The molecule has 1 saturated heterocycles. The number of carbonyl (C=O) groups excluding carboxylic acids is 1. The molecule has 2 aromatic rings. The fourth-order valence-electron chi connectivity index (χ4n) is 3.95. The van der Waals surface area contributed by atoms with E-state index in [1.54, 1.807) is 36.7 Å². The highest BCUT2D eigenvalue weighted by molar-refractivity contribution is 5.94. The Labute approximate surface area is 171 Å². The lowest BCUT2D eigenvalue weighted by Crippen LogP contribution is -2.41. The van der Waals surface area contributed by atoms with Gasteiger partial charge in [0, 0.05) is 37.1 Å². The maximum absolute atomic E-state index is 12.6. The van der Waals surface area contributed by atoms with Gasteiger partial charge in [0.2, 0.25) is 0 Å². The molecule has 1 saturated carbocycles. The molecule has 154 valence electrons. The van der Waals surface area contributed by atoms with Crippen molar-refractivity contribution in [3.63, 3.8) is 0 Å². The summed E-state index contributed by atoms with van der Waals surface area (Å²) in [5.41, 5.74) is 0.641. The van der Waals surface area contributed by atoms with Crippen molar-refractivity contribution in [2.45, 2.75) is 38.6 Å². The molecule has 1 aromatic heterocycles. The van der Waals surface area contributed by atoms with Crippen LogP contribution in [-0.4, -0.2) is 48.2 Å². The Kier molecular flexibility index (Phi) is 6.24. The summed E-state index contributed by atoms with van der Waals surface area (Å²) in [6.45, 7) is 5.06. The van der Waals surface area contributed by atoms with Crippen molar-refractivity contribution in [1.82, 2.24) is 15.3 Å². The van der Waals surface area contributed by atoms with Gasteiger partial charge in [-0.2, -0.15) is 0 Å². The van der Waals surface area contributed by atoms with Crippen molar-refractivity contribution >= 4 is 11.7 Å². The van der Waals surface area contributed by atoms with Gasteiger partial charge in [-0.25, -0.2) is 9.97 Å². The first kappa shape index (κ1) is 19.6. The molecule has 7 heteroatoms. The van der Waals surface area contributed by atoms with Crippen molar-refractivity contribution in [3.8, 4) is 11.6 Å². The summed E-state index contributed by atoms with van der Waals surface area (Å²) in [6.07, 6.45) is 7.97. The molecule has 2 aliphatic rings. The van der Waals surface area contributed by atoms with Crippen LogP contribution in [-0.2, 0) is 4.74 Å². The second-order valence-electron chi connectivity index (χ2n) is 7.75.